The van der Waals surface area contributed by atoms with E-state index in [2.05, 4.69) is 15.4 Å². The van der Waals surface area contributed by atoms with Gasteiger partial charge in [0, 0.05) is 24.0 Å². The summed E-state index contributed by atoms with van der Waals surface area (Å²) >= 11 is 0. The first-order valence-electron chi connectivity index (χ1n) is 10.2. The molecule has 1 aliphatic rings. The van der Waals surface area contributed by atoms with Gasteiger partial charge < -0.3 is 9.64 Å². The fourth-order valence-corrected chi connectivity index (χ4v) is 3.80. The Balaban J connectivity index is 1.46. The number of carbonyl (C=O) groups is 2. The van der Waals surface area contributed by atoms with Gasteiger partial charge in [0.1, 0.15) is 18.6 Å². The molecule has 1 aliphatic heterocycles. The van der Waals surface area contributed by atoms with Crippen molar-refractivity contribution >= 4 is 28.5 Å². The highest BCUT2D eigenvalue weighted by Gasteiger charge is 2.18. The lowest BCUT2D eigenvalue weighted by Gasteiger charge is -2.19. The molecule has 2 amide bonds. The van der Waals surface area contributed by atoms with Gasteiger partial charge in [0.2, 0.25) is 11.9 Å². The summed E-state index contributed by atoms with van der Waals surface area (Å²) in [4.78, 5) is 31.4. The Kier molecular flexibility index (Phi) is 5.92. The number of aromatic nitrogens is 3. The molecule has 8 nitrogen and oxygen atoms in total. The van der Waals surface area contributed by atoms with Crippen LogP contribution in [0.1, 0.15) is 36.0 Å². The number of rotatable bonds is 5. The fraction of sp³-hybridized carbons (Fsp3) is 0.364. The number of nitrogens with zero attached hydrogens (tertiary/aromatic N) is 4. The molecule has 0 unspecified atom stereocenters. The first-order chi connectivity index (χ1) is 14.7. The van der Waals surface area contributed by atoms with Crippen LogP contribution < -0.4 is 10.1 Å². The van der Waals surface area contributed by atoms with Crippen LogP contribution in [0.2, 0.25) is 0 Å². The van der Waals surface area contributed by atoms with Crippen LogP contribution in [0.4, 0.5) is 5.95 Å². The van der Waals surface area contributed by atoms with Gasteiger partial charge in [0.15, 0.2) is 0 Å². The Labute approximate surface area is 174 Å². The molecule has 0 bridgehead atoms. The molecule has 1 fully saturated rings. The SMILES string of the molecule is COc1ccc(C(=O)Nc2ncn(CC(=O)N3CCCCCC3)n2)c2ccccc12. The number of hydrogen-bond acceptors (Lipinski definition) is 5. The molecule has 30 heavy (non-hydrogen) atoms. The number of likely N-dealkylation sites (tertiary alicyclic amines) is 1. The molecule has 0 radical (unpaired) electrons. The van der Waals surface area contributed by atoms with Crippen LogP contribution in [0.15, 0.2) is 42.7 Å². The van der Waals surface area contributed by atoms with Gasteiger partial charge in [0.25, 0.3) is 5.91 Å². The Hall–Kier alpha value is -3.42. The van der Waals surface area contributed by atoms with Crippen LogP contribution in [-0.2, 0) is 11.3 Å². The van der Waals surface area contributed by atoms with E-state index in [9.17, 15) is 9.59 Å². The predicted octanol–water partition coefficient (Wildman–Crippen LogP) is 3.09. The van der Waals surface area contributed by atoms with Crippen LogP contribution in [0.5, 0.6) is 5.75 Å². The van der Waals surface area contributed by atoms with E-state index in [0.29, 0.717) is 11.3 Å². The van der Waals surface area contributed by atoms with E-state index in [4.69, 9.17) is 4.74 Å². The minimum atomic E-state index is -0.314. The van der Waals surface area contributed by atoms with Crippen LogP contribution >= 0.6 is 0 Å². The van der Waals surface area contributed by atoms with Crippen molar-refractivity contribution in [1.29, 1.82) is 0 Å². The summed E-state index contributed by atoms with van der Waals surface area (Å²) < 4.78 is 6.85. The number of carbonyl (C=O) groups excluding carboxylic acids is 2. The summed E-state index contributed by atoms with van der Waals surface area (Å²) in [5, 5.41) is 8.61. The minimum absolute atomic E-state index is 0.0285. The maximum absolute atomic E-state index is 12.8. The van der Waals surface area contributed by atoms with Crippen LogP contribution in [-0.4, -0.2) is 51.7 Å². The lowest BCUT2D eigenvalue weighted by Crippen LogP contribution is -2.34. The Bertz CT molecular complexity index is 1050. The zero-order chi connectivity index (χ0) is 20.9. The average Bonchev–Trinajstić information content (AvgIpc) is 3.02. The highest BCUT2D eigenvalue weighted by molar-refractivity contribution is 6.13. The molecule has 0 spiro atoms. The maximum atomic E-state index is 12.8. The van der Waals surface area contributed by atoms with Crippen molar-refractivity contribution in [2.24, 2.45) is 0 Å². The van der Waals surface area contributed by atoms with E-state index >= 15 is 0 Å². The molecule has 0 atom stereocenters. The second kappa shape index (κ2) is 8.94. The molecular weight excluding hydrogens is 382 g/mol. The molecule has 1 N–H and O–H groups in total. The summed E-state index contributed by atoms with van der Waals surface area (Å²) in [6, 6.07) is 11.0. The highest BCUT2D eigenvalue weighted by Crippen LogP contribution is 2.28. The zero-order valence-electron chi connectivity index (χ0n) is 17.0. The van der Waals surface area contributed by atoms with Gasteiger partial charge in [-0.25, -0.2) is 9.67 Å². The fourth-order valence-electron chi connectivity index (χ4n) is 3.80. The maximum Gasteiger partial charge on any atom is 0.258 e. The third-order valence-corrected chi connectivity index (χ3v) is 5.37. The smallest absolute Gasteiger partial charge is 0.258 e. The summed E-state index contributed by atoms with van der Waals surface area (Å²) in [7, 11) is 1.60. The van der Waals surface area contributed by atoms with Crippen molar-refractivity contribution in [3.63, 3.8) is 0 Å². The summed E-state index contributed by atoms with van der Waals surface area (Å²) in [5.41, 5.74) is 0.503. The summed E-state index contributed by atoms with van der Waals surface area (Å²) in [6.07, 6.45) is 5.89. The van der Waals surface area contributed by atoms with Gasteiger partial charge in [-0.1, -0.05) is 37.1 Å². The second-order valence-corrected chi connectivity index (χ2v) is 7.38. The molecule has 0 aliphatic carbocycles. The van der Waals surface area contributed by atoms with Crippen molar-refractivity contribution in [3.05, 3.63) is 48.3 Å². The third-order valence-electron chi connectivity index (χ3n) is 5.37. The molecule has 2 aromatic carbocycles. The minimum Gasteiger partial charge on any atom is -0.496 e. The van der Waals surface area contributed by atoms with E-state index < -0.39 is 0 Å². The van der Waals surface area contributed by atoms with Gasteiger partial charge in [-0.05, 0) is 30.4 Å². The summed E-state index contributed by atoms with van der Waals surface area (Å²) in [6.45, 7) is 1.71. The van der Waals surface area contributed by atoms with Crippen LogP contribution in [0, 0.1) is 0 Å². The molecule has 0 saturated carbocycles. The third kappa shape index (κ3) is 4.27. The van der Waals surface area contributed by atoms with Crippen LogP contribution in [0.3, 0.4) is 0 Å². The number of anilines is 1. The topological polar surface area (TPSA) is 89.3 Å². The molecule has 2 heterocycles. The number of benzene rings is 2. The van der Waals surface area contributed by atoms with Gasteiger partial charge in [-0.2, -0.15) is 0 Å². The van der Waals surface area contributed by atoms with E-state index in [1.165, 1.54) is 23.9 Å². The number of hydrogen-bond donors (Lipinski definition) is 1. The Morgan fingerprint density at radius 1 is 1.03 bits per heavy atom. The lowest BCUT2D eigenvalue weighted by molar-refractivity contribution is -0.132. The zero-order valence-corrected chi connectivity index (χ0v) is 17.0. The number of ether oxygens (including phenoxy) is 1. The normalized spacial score (nSPS) is 14.4. The van der Waals surface area contributed by atoms with Crippen molar-refractivity contribution in [2.75, 3.05) is 25.5 Å². The summed E-state index contributed by atoms with van der Waals surface area (Å²) in [5.74, 6) is 0.589. The van der Waals surface area contributed by atoms with Crippen molar-refractivity contribution in [3.8, 4) is 5.75 Å². The standard InChI is InChI=1S/C22H25N5O3/c1-30-19-11-10-18(16-8-4-5-9-17(16)19)21(29)24-22-23-15-27(25-22)14-20(28)26-12-6-2-3-7-13-26/h4-5,8-11,15H,2-3,6-7,12-14H2,1H3,(H,24,25,29). The van der Waals surface area contributed by atoms with Crippen molar-refractivity contribution < 1.29 is 14.3 Å². The number of amides is 2. The number of fused-ring (bicyclic) bond motifs is 1. The van der Waals surface area contributed by atoms with E-state index in [0.717, 1.165) is 36.7 Å². The largest absolute Gasteiger partial charge is 0.496 e. The van der Waals surface area contributed by atoms with Crippen LogP contribution in [0.25, 0.3) is 10.8 Å². The molecular formula is C22H25N5O3. The lowest BCUT2D eigenvalue weighted by atomic mass is 10.0. The number of methoxy groups -OCH3 is 1. The monoisotopic (exact) mass is 407 g/mol. The van der Waals surface area contributed by atoms with E-state index in [1.54, 1.807) is 19.2 Å². The quantitative estimate of drug-likeness (QED) is 0.702. The average molecular weight is 407 g/mol. The molecule has 1 saturated heterocycles. The van der Waals surface area contributed by atoms with Gasteiger partial charge in [0.05, 0.1) is 7.11 Å². The number of nitrogens with one attached hydrogen (secondary N) is 1. The Morgan fingerprint density at radius 3 is 2.50 bits per heavy atom. The van der Waals surface area contributed by atoms with Crippen molar-refractivity contribution in [1.82, 2.24) is 19.7 Å². The van der Waals surface area contributed by atoms with E-state index in [-0.39, 0.29) is 24.3 Å². The first-order valence-corrected chi connectivity index (χ1v) is 10.2. The molecule has 3 aromatic rings. The first kappa shape index (κ1) is 19.9. The molecule has 1 aromatic heterocycles. The second-order valence-electron chi connectivity index (χ2n) is 7.38. The van der Waals surface area contributed by atoms with Crippen molar-refractivity contribution in [2.45, 2.75) is 32.2 Å². The van der Waals surface area contributed by atoms with Gasteiger partial charge in [-0.3, -0.25) is 14.9 Å². The molecule has 156 valence electrons. The predicted molar refractivity (Wildman–Crippen MR) is 114 cm³/mol. The Morgan fingerprint density at radius 2 is 1.77 bits per heavy atom. The highest BCUT2D eigenvalue weighted by atomic mass is 16.5. The molecule has 8 heteroatoms. The molecule has 4 rings (SSSR count). The van der Waals surface area contributed by atoms with E-state index in [1.807, 2.05) is 29.2 Å². The van der Waals surface area contributed by atoms with Gasteiger partial charge >= 0.3 is 0 Å². The van der Waals surface area contributed by atoms with Gasteiger partial charge in [-0.15, -0.1) is 5.10 Å².